The van der Waals surface area contributed by atoms with Crippen LogP contribution in [0.3, 0.4) is 0 Å². The number of para-hydroxylation sites is 1. The molecule has 0 N–H and O–H groups in total. The molecule has 0 fully saturated rings. The molecule has 2 nitrogen and oxygen atoms in total. The van der Waals surface area contributed by atoms with Crippen LogP contribution in [-0.4, -0.2) is 11.5 Å². The maximum atomic E-state index is 8.52. The monoisotopic (exact) mass is 241 g/mol. The van der Waals surface area contributed by atoms with Gasteiger partial charge in [0.1, 0.15) is 0 Å². The van der Waals surface area contributed by atoms with Crippen LogP contribution in [0.4, 0.5) is 5.69 Å². The molecule has 1 aromatic rings. The highest BCUT2D eigenvalue weighted by Crippen LogP contribution is 2.44. The average Bonchev–Trinajstić information content (AvgIpc) is 2.79. The topological polar surface area (TPSA) is 6.48 Å². The normalized spacial score (nSPS) is 25.8. The summed E-state index contributed by atoms with van der Waals surface area (Å²) in [5, 5.41) is 0. The van der Waals surface area contributed by atoms with Crippen LogP contribution in [0.15, 0.2) is 47.9 Å². The van der Waals surface area contributed by atoms with Crippen molar-refractivity contribution < 1.29 is 1.37 Å². The first-order valence-corrected chi connectivity index (χ1v) is 6.39. The molecule has 2 aliphatic rings. The molecule has 94 valence electrons. The van der Waals surface area contributed by atoms with Gasteiger partial charge in [0.2, 0.25) is 0 Å². The van der Waals surface area contributed by atoms with E-state index in [1.165, 1.54) is 17.0 Å². The van der Waals surface area contributed by atoms with Gasteiger partial charge in [-0.1, -0.05) is 38.1 Å². The Morgan fingerprint density at radius 3 is 2.61 bits per heavy atom. The Kier molecular flexibility index (Phi) is 2.07. The van der Waals surface area contributed by atoms with Crippen LogP contribution in [0, 0.1) is 12.3 Å². The van der Waals surface area contributed by atoms with Crippen molar-refractivity contribution in [3.63, 3.8) is 0 Å². The van der Waals surface area contributed by atoms with Gasteiger partial charge in [-0.25, -0.2) is 0 Å². The first-order valence-electron chi connectivity index (χ1n) is 6.97. The van der Waals surface area contributed by atoms with Crippen LogP contribution in [0.25, 0.3) is 0 Å². The molecule has 0 radical (unpaired) electrons. The van der Waals surface area contributed by atoms with Crippen LogP contribution in [-0.2, 0) is 0 Å². The zero-order valence-electron chi connectivity index (χ0n) is 12.4. The second kappa shape index (κ2) is 3.64. The van der Waals surface area contributed by atoms with Crippen molar-refractivity contribution >= 4 is 5.69 Å². The van der Waals surface area contributed by atoms with Gasteiger partial charge >= 0.3 is 0 Å². The Morgan fingerprint density at radius 2 is 1.94 bits per heavy atom. The molecule has 1 atom stereocenters. The summed E-state index contributed by atoms with van der Waals surface area (Å²) in [5.41, 5.74) is 4.79. The highest BCUT2D eigenvalue weighted by molar-refractivity contribution is 5.60. The summed E-state index contributed by atoms with van der Waals surface area (Å²) < 4.78 is 8.52. The van der Waals surface area contributed by atoms with Gasteiger partial charge in [-0.2, -0.15) is 0 Å². The molecule has 2 aliphatic heterocycles. The van der Waals surface area contributed by atoms with E-state index < -0.39 is 6.64 Å². The summed E-state index contributed by atoms with van der Waals surface area (Å²) in [6, 6.07) is 8.28. The predicted molar refractivity (Wildman–Crippen MR) is 76.0 cm³/mol. The Labute approximate surface area is 111 Å². The van der Waals surface area contributed by atoms with Crippen molar-refractivity contribution in [1.82, 2.24) is 4.90 Å². The maximum absolute atomic E-state index is 8.52. The highest BCUT2D eigenvalue weighted by atomic mass is 15.4. The second-order valence-electron chi connectivity index (χ2n) is 5.65. The third-order valence-electron chi connectivity index (χ3n) is 3.84. The molecule has 0 saturated carbocycles. The van der Waals surface area contributed by atoms with E-state index in [1.54, 1.807) is 0 Å². The number of anilines is 1. The van der Waals surface area contributed by atoms with Crippen LogP contribution in [0.5, 0.6) is 0 Å². The summed E-state index contributed by atoms with van der Waals surface area (Å²) in [5.74, 6) is 0. The zero-order valence-corrected chi connectivity index (χ0v) is 11.4. The lowest BCUT2D eigenvalue weighted by Crippen LogP contribution is -2.24. The van der Waals surface area contributed by atoms with Crippen molar-refractivity contribution in [2.75, 3.05) is 11.5 Å². The Morgan fingerprint density at radius 1 is 1.22 bits per heavy atom. The summed E-state index contributed by atoms with van der Waals surface area (Å²) in [4.78, 5) is 4.19. The van der Waals surface area contributed by atoms with E-state index in [4.69, 9.17) is 1.37 Å². The van der Waals surface area contributed by atoms with Gasteiger partial charge in [-0.15, -0.1) is 0 Å². The van der Waals surface area contributed by atoms with E-state index in [0.717, 1.165) is 5.69 Å². The van der Waals surface area contributed by atoms with E-state index in [2.05, 4.69) is 61.9 Å². The largest absolute Gasteiger partial charge is 0.331 e. The molecule has 1 aromatic carbocycles. The average molecular weight is 241 g/mol. The molecule has 2 heteroatoms. The molecule has 0 saturated heterocycles. The van der Waals surface area contributed by atoms with Crippen LogP contribution in [0.2, 0.25) is 0 Å². The van der Waals surface area contributed by atoms with Crippen LogP contribution in [0.1, 0.15) is 27.7 Å². The highest BCUT2D eigenvalue weighted by Gasteiger charge is 2.38. The van der Waals surface area contributed by atoms with Gasteiger partial charge in [0.15, 0.2) is 0 Å². The van der Waals surface area contributed by atoms with Crippen molar-refractivity contribution in [2.24, 2.45) is 5.41 Å². The number of allylic oxidation sites excluding steroid dienone is 2. The number of rotatable bonds is 1. The minimum atomic E-state index is -0.394. The van der Waals surface area contributed by atoms with Crippen LogP contribution < -0.4 is 4.90 Å². The van der Waals surface area contributed by atoms with Crippen molar-refractivity contribution in [3.05, 3.63) is 53.5 Å². The molecule has 0 aromatic heterocycles. The minimum absolute atomic E-state index is 0.0147. The van der Waals surface area contributed by atoms with E-state index in [1.807, 2.05) is 12.1 Å². The van der Waals surface area contributed by atoms with Gasteiger partial charge in [0.25, 0.3) is 0 Å². The fourth-order valence-electron chi connectivity index (χ4n) is 2.90. The van der Waals surface area contributed by atoms with E-state index in [-0.39, 0.29) is 5.41 Å². The van der Waals surface area contributed by atoms with E-state index in [0.29, 0.717) is 0 Å². The quantitative estimate of drug-likeness (QED) is 0.736. The van der Waals surface area contributed by atoms with E-state index >= 15 is 0 Å². The summed E-state index contributed by atoms with van der Waals surface area (Å²) in [6.07, 6.45) is 4.23. The number of benzene rings is 1. The molecule has 18 heavy (non-hydrogen) atoms. The molecule has 3 rings (SSSR count). The van der Waals surface area contributed by atoms with Crippen LogP contribution >= 0.6 is 0 Å². The van der Waals surface area contributed by atoms with Gasteiger partial charge < -0.3 is 9.80 Å². The standard InChI is InChI=1S/C16H20N2/c1-12-7-5-6-8-14(12)18-11-17-10-9-16(3,4)15(17)13(18)2/h5-10H,11H2,1-4H3/i11D. The fourth-order valence-corrected chi connectivity index (χ4v) is 2.90. The number of fused-ring (bicyclic) bond motifs is 1. The lowest BCUT2D eigenvalue weighted by Gasteiger charge is -2.23. The number of nitrogens with zero attached hydrogens (tertiary/aromatic N) is 2. The fraction of sp³-hybridized carbons (Fsp3) is 0.375. The van der Waals surface area contributed by atoms with Crippen molar-refractivity contribution in [3.8, 4) is 0 Å². The number of hydrogen-bond donors (Lipinski definition) is 0. The Balaban J connectivity index is 2.11. The van der Waals surface area contributed by atoms with E-state index in [9.17, 15) is 0 Å². The van der Waals surface area contributed by atoms with Gasteiger partial charge in [0.05, 0.1) is 8.02 Å². The Hall–Kier alpha value is -1.70. The first-order chi connectivity index (χ1) is 8.93. The summed E-state index contributed by atoms with van der Waals surface area (Å²) in [7, 11) is 0. The first kappa shape index (κ1) is 10.2. The summed E-state index contributed by atoms with van der Waals surface area (Å²) >= 11 is 0. The minimum Gasteiger partial charge on any atom is -0.331 e. The van der Waals surface area contributed by atoms with Gasteiger partial charge in [-0.3, -0.25) is 0 Å². The lowest BCUT2D eigenvalue weighted by atomic mass is 9.90. The third-order valence-corrected chi connectivity index (χ3v) is 3.84. The predicted octanol–water partition coefficient (Wildman–Crippen LogP) is 3.86. The summed E-state index contributed by atoms with van der Waals surface area (Å²) in [6.45, 7) is 8.24. The maximum Gasteiger partial charge on any atom is 0.0989 e. The third kappa shape index (κ3) is 1.48. The van der Waals surface area contributed by atoms with Crippen molar-refractivity contribution in [2.45, 2.75) is 27.7 Å². The SMILES string of the molecule is [2H]C1N2C=CC(C)(C)C2=C(C)N1c1ccccc1C. The zero-order chi connectivity index (χ0) is 13.8. The molecule has 0 bridgehead atoms. The molecular weight excluding hydrogens is 220 g/mol. The molecule has 0 amide bonds. The molecule has 2 heterocycles. The van der Waals surface area contributed by atoms with Gasteiger partial charge in [0, 0.05) is 28.7 Å². The smallest absolute Gasteiger partial charge is 0.0989 e. The molecule has 0 aliphatic carbocycles. The molecule has 1 unspecified atom stereocenters. The number of hydrogen-bond acceptors (Lipinski definition) is 2. The second-order valence-corrected chi connectivity index (χ2v) is 5.65. The number of aryl methyl sites for hydroxylation is 1. The lowest BCUT2D eigenvalue weighted by molar-refractivity contribution is 0.442. The molecule has 0 spiro atoms. The van der Waals surface area contributed by atoms with Crippen molar-refractivity contribution in [1.29, 1.82) is 0 Å². The van der Waals surface area contributed by atoms with Gasteiger partial charge in [-0.05, 0) is 25.5 Å². The Bertz CT molecular complexity index is 586. The molecular formula is C16H20N2.